The van der Waals surface area contributed by atoms with E-state index in [1.165, 1.54) is 12.1 Å². The number of aromatic amines is 4. The molecule has 0 aliphatic carbocycles. The van der Waals surface area contributed by atoms with Gasteiger partial charge in [-0.05, 0) is 59.7 Å². The van der Waals surface area contributed by atoms with Crippen molar-refractivity contribution < 1.29 is 35.9 Å². The Bertz CT molecular complexity index is 2430. The van der Waals surface area contributed by atoms with Crippen LogP contribution in [-0.2, 0) is 25.4 Å². The van der Waals surface area contributed by atoms with Gasteiger partial charge in [0.05, 0.1) is 44.6 Å². The van der Waals surface area contributed by atoms with Crippen LogP contribution in [0.1, 0.15) is 22.3 Å². The summed E-state index contributed by atoms with van der Waals surface area (Å²) >= 11 is 5.84. The standard InChI is InChI=1S/C18H18F3N5O2.C16H12ClF3N4O2/c1-26(2)14-8-11(18(19,20)21)7-6-10(14)9-22-16(27)23-12-4-3-5-13-15(12)25-17(28)24-13;17-10-6-9(16(18,19)20)5-4-8(10)7-21-14(25)22-11-2-1-3-12-13(11)24-15(26)23-12/h3-8H,9H2,1-2H3,(H2,22,23,27)(H2,24,25,28);1-6H,7H2,(H2,21,22,25)(H2,23,24,26). The fourth-order valence-corrected chi connectivity index (χ4v) is 5.43. The molecule has 0 bridgehead atoms. The molecule has 6 rings (SSSR count). The average molecular weight is 778 g/mol. The number of fused-ring (bicyclic) bond motifs is 2. The summed E-state index contributed by atoms with van der Waals surface area (Å²) in [7, 11) is 3.25. The Balaban J connectivity index is 0.000000208. The highest BCUT2D eigenvalue weighted by Gasteiger charge is 2.32. The zero-order valence-corrected chi connectivity index (χ0v) is 28.8. The second-order valence-corrected chi connectivity index (χ2v) is 12.2. The zero-order valence-electron chi connectivity index (χ0n) is 28.1. The number of halogens is 7. The molecule has 0 fully saturated rings. The van der Waals surface area contributed by atoms with Crippen LogP contribution in [0, 0.1) is 0 Å². The van der Waals surface area contributed by atoms with Crippen LogP contribution in [0.5, 0.6) is 0 Å². The lowest BCUT2D eigenvalue weighted by Crippen LogP contribution is -2.29. The molecular formula is C34H30ClF6N9O4. The fourth-order valence-electron chi connectivity index (χ4n) is 5.18. The van der Waals surface area contributed by atoms with Crippen molar-refractivity contribution in [1.82, 2.24) is 30.6 Å². The predicted octanol–water partition coefficient (Wildman–Crippen LogP) is 7.11. The van der Waals surface area contributed by atoms with Gasteiger partial charge in [0.2, 0.25) is 0 Å². The summed E-state index contributed by atoms with van der Waals surface area (Å²) in [4.78, 5) is 58.8. The van der Waals surface area contributed by atoms with Crippen molar-refractivity contribution in [2.45, 2.75) is 25.4 Å². The van der Waals surface area contributed by atoms with Gasteiger partial charge in [0, 0.05) is 37.9 Å². The lowest BCUT2D eigenvalue weighted by atomic mass is 10.1. The van der Waals surface area contributed by atoms with Crippen LogP contribution >= 0.6 is 11.6 Å². The van der Waals surface area contributed by atoms with Gasteiger partial charge in [0.1, 0.15) is 0 Å². The molecule has 54 heavy (non-hydrogen) atoms. The summed E-state index contributed by atoms with van der Waals surface area (Å²) in [5.41, 5.74) is 1.51. The number of hydrogen-bond donors (Lipinski definition) is 8. The third-order valence-electron chi connectivity index (χ3n) is 7.75. The van der Waals surface area contributed by atoms with Crippen molar-refractivity contribution in [2.24, 2.45) is 0 Å². The van der Waals surface area contributed by atoms with E-state index < -0.39 is 46.9 Å². The van der Waals surface area contributed by atoms with Gasteiger partial charge in [0.15, 0.2) is 0 Å². The van der Waals surface area contributed by atoms with Crippen LogP contribution < -0.4 is 37.5 Å². The number of benzene rings is 4. The van der Waals surface area contributed by atoms with Crippen LogP contribution in [0.15, 0.2) is 82.4 Å². The average Bonchev–Trinajstić information content (AvgIpc) is 3.68. The number of carbonyl (C=O) groups excluding carboxylic acids is 2. The summed E-state index contributed by atoms with van der Waals surface area (Å²) in [5.74, 6) is 0. The number of nitrogens with one attached hydrogen (secondary N) is 8. The number of rotatable bonds is 7. The van der Waals surface area contributed by atoms with Crippen molar-refractivity contribution in [3.63, 3.8) is 0 Å². The lowest BCUT2D eigenvalue weighted by Gasteiger charge is -2.20. The van der Waals surface area contributed by atoms with Crippen molar-refractivity contribution >= 4 is 62.8 Å². The quantitative estimate of drug-likeness (QED) is 0.0803. The predicted molar refractivity (Wildman–Crippen MR) is 192 cm³/mol. The number of urea groups is 2. The van der Waals surface area contributed by atoms with E-state index in [1.54, 1.807) is 55.4 Å². The molecular weight excluding hydrogens is 748 g/mol. The summed E-state index contributed by atoms with van der Waals surface area (Å²) in [6.07, 6.45) is -8.93. The third kappa shape index (κ3) is 9.54. The molecule has 0 spiro atoms. The fraction of sp³-hybridized carbons (Fsp3) is 0.176. The van der Waals surface area contributed by atoms with Gasteiger partial charge in [-0.25, -0.2) is 19.2 Å². The Hall–Kier alpha value is -6.37. The first kappa shape index (κ1) is 38.9. The number of nitrogens with zero attached hydrogens (tertiary/aromatic N) is 1. The van der Waals surface area contributed by atoms with Gasteiger partial charge < -0.3 is 46.1 Å². The Morgan fingerprint density at radius 1 is 0.648 bits per heavy atom. The molecule has 13 nitrogen and oxygen atoms in total. The molecule has 0 atom stereocenters. The van der Waals surface area contributed by atoms with Crippen LogP contribution in [-0.4, -0.2) is 46.1 Å². The molecule has 4 amide bonds. The maximum absolute atomic E-state index is 12.9. The molecule has 284 valence electrons. The molecule has 20 heteroatoms. The summed E-state index contributed by atoms with van der Waals surface area (Å²) < 4.78 is 76.6. The second kappa shape index (κ2) is 15.7. The normalized spacial score (nSPS) is 11.5. The van der Waals surface area contributed by atoms with Crippen LogP contribution in [0.25, 0.3) is 22.1 Å². The van der Waals surface area contributed by atoms with Crippen LogP contribution in [0.2, 0.25) is 5.02 Å². The summed E-state index contributed by atoms with van der Waals surface area (Å²) in [5, 5.41) is 10.2. The Labute approximate surface area is 305 Å². The molecule has 0 radical (unpaired) electrons. The SMILES string of the molecule is CN(C)c1cc(C(F)(F)F)ccc1CNC(=O)Nc1cccc2[nH]c(=O)[nH]c12.O=C(NCc1ccc(C(F)(F)F)cc1Cl)Nc1cccc2[nH]c(=O)[nH]c12. The topological polar surface area (TPSA) is 183 Å². The molecule has 4 aromatic carbocycles. The van der Waals surface area contributed by atoms with E-state index in [4.69, 9.17) is 11.6 Å². The minimum atomic E-state index is -4.49. The maximum Gasteiger partial charge on any atom is 0.416 e. The van der Waals surface area contributed by atoms with Gasteiger partial charge in [-0.3, -0.25) is 0 Å². The molecule has 0 unspecified atom stereocenters. The molecule has 2 heterocycles. The highest BCUT2D eigenvalue weighted by Crippen LogP contribution is 2.34. The number of imidazole rings is 2. The van der Waals surface area contributed by atoms with Gasteiger partial charge in [-0.2, -0.15) is 26.3 Å². The maximum atomic E-state index is 12.9. The monoisotopic (exact) mass is 777 g/mol. The first-order valence-electron chi connectivity index (χ1n) is 15.6. The van der Waals surface area contributed by atoms with Crippen LogP contribution in [0.4, 0.5) is 53.0 Å². The first-order chi connectivity index (χ1) is 25.4. The van der Waals surface area contributed by atoms with Gasteiger partial charge in [-0.15, -0.1) is 0 Å². The molecule has 0 aliphatic heterocycles. The second-order valence-electron chi connectivity index (χ2n) is 11.8. The van der Waals surface area contributed by atoms with E-state index in [0.29, 0.717) is 50.3 Å². The Kier molecular flexibility index (Phi) is 11.3. The number of aromatic nitrogens is 4. The van der Waals surface area contributed by atoms with Crippen LogP contribution in [0.3, 0.4) is 0 Å². The number of amides is 4. The van der Waals surface area contributed by atoms with E-state index in [-0.39, 0.29) is 18.1 Å². The molecule has 2 aromatic heterocycles. The Morgan fingerprint density at radius 3 is 1.54 bits per heavy atom. The smallest absolute Gasteiger partial charge is 0.377 e. The number of carbonyl (C=O) groups is 2. The first-order valence-corrected chi connectivity index (χ1v) is 16.0. The zero-order chi connectivity index (χ0) is 39.4. The minimum absolute atomic E-state index is 0.0249. The highest BCUT2D eigenvalue weighted by molar-refractivity contribution is 6.31. The van der Waals surface area contributed by atoms with E-state index >= 15 is 0 Å². The third-order valence-corrected chi connectivity index (χ3v) is 8.10. The van der Waals surface area contributed by atoms with Crippen molar-refractivity contribution in [3.05, 3.63) is 121 Å². The van der Waals surface area contributed by atoms with Crippen molar-refractivity contribution in [2.75, 3.05) is 29.6 Å². The Morgan fingerprint density at radius 2 is 1.09 bits per heavy atom. The molecule has 0 aliphatic rings. The molecule has 0 saturated heterocycles. The number of alkyl halides is 6. The minimum Gasteiger partial charge on any atom is -0.377 e. The lowest BCUT2D eigenvalue weighted by molar-refractivity contribution is -0.138. The molecule has 0 saturated carbocycles. The van der Waals surface area contributed by atoms with E-state index in [1.807, 2.05) is 0 Å². The van der Waals surface area contributed by atoms with E-state index in [2.05, 4.69) is 41.2 Å². The number of hydrogen-bond acceptors (Lipinski definition) is 5. The molecule has 6 aromatic rings. The number of H-pyrrole nitrogens is 4. The van der Waals surface area contributed by atoms with Gasteiger partial charge in [-0.1, -0.05) is 35.9 Å². The number of anilines is 3. The largest absolute Gasteiger partial charge is 0.416 e. The molecule has 8 N–H and O–H groups in total. The van der Waals surface area contributed by atoms with Crippen molar-refractivity contribution in [1.29, 1.82) is 0 Å². The van der Waals surface area contributed by atoms with Gasteiger partial charge >= 0.3 is 35.8 Å². The van der Waals surface area contributed by atoms with Gasteiger partial charge in [0.25, 0.3) is 0 Å². The van der Waals surface area contributed by atoms with E-state index in [0.717, 1.165) is 24.3 Å². The number of para-hydroxylation sites is 2. The highest BCUT2D eigenvalue weighted by atomic mass is 35.5. The summed E-state index contributed by atoms with van der Waals surface area (Å²) in [6.45, 7) is -0.0421. The summed E-state index contributed by atoms with van der Waals surface area (Å²) in [6, 6.07) is 15.0. The van der Waals surface area contributed by atoms with E-state index in [9.17, 15) is 45.5 Å². The van der Waals surface area contributed by atoms with Crippen molar-refractivity contribution in [3.8, 4) is 0 Å².